The minimum Gasteiger partial charge on any atom is -0.379 e. The largest absolute Gasteiger partial charge is 0.379 e. The molecule has 0 saturated carbocycles. The van der Waals surface area contributed by atoms with Crippen LogP contribution in [0, 0.1) is 0 Å². The van der Waals surface area contributed by atoms with Crippen molar-refractivity contribution in [2.45, 2.75) is 24.8 Å². The van der Waals surface area contributed by atoms with Crippen molar-refractivity contribution in [3.05, 3.63) is 22.4 Å². The first-order chi connectivity index (χ1) is 12.2. The van der Waals surface area contributed by atoms with Crippen LogP contribution in [-0.2, 0) is 4.74 Å². The van der Waals surface area contributed by atoms with Crippen LogP contribution in [0.4, 0.5) is 0 Å². The lowest BCUT2D eigenvalue weighted by molar-refractivity contribution is -0.0120. The Bertz CT molecular complexity index is 537. The molecule has 2 saturated heterocycles. The van der Waals surface area contributed by atoms with E-state index in [9.17, 15) is 0 Å². The smallest absolute Gasteiger partial charge is 0.191 e. The van der Waals surface area contributed by atoms with Gasteiger partial charge in [0.15, 0.2) is 5.96 Å². The molecule has 0 bridgehead atoms. The van der Waals surface area contributed by atoms with Gasteiger partial charge in [-0.1, -0.05) is 6.92 Å². The lowest BCUT2D eigenvalue weighted by Gasteiger charge is -2.43. The van der Waals surface area contributed by atoms with Crippen molar-refractivity contribution in [2.24, 2.45) is 4.99 Å². The minimum atomic E-state index is 0.241. The normalized spacial score (nSPS) is 26.6. The van der Waals surface area contributed by atoms with Gasteiger partial charge in [0.1, 0.15) is 0 Å². The summed E-state index contributed by atoms with van der Waals surface area (Å²) in [5, 5.41) is 11.5. The number of nitrogens with zero attached hydrogens (tertiary/aromatic N) is 2. The molecule has 0 amide bonds. The Labute approximate surface area is 159 Å². The Morgan fingerprint density at radius 1 is 1.40 bits per heavy atom. The topological polar surface area (TPSA) is 48.9 Å². The van der Waals surface area contributed by atoms with Gasteiger partial charge >= 0.3 is 0 Å². The summed E-state index contributed by atoms with van der Waals surface area (Å²) >= 11 is 3.83. The monoisotopic (exact) mass is 382 g/mol. The molecule has 5 nitrogen and oxygen atoms in total. The summed E-state index contributed by atoms with van der Waals surface area (Å²) in [7, 11) is 1.86. The van der Waals surface area contributed by atoms with Crippen molar-refractivity contribution in [1.29, 1.82) is 0 Å². The van der Waals surface area contributed by atoms with Crippen molar-refractivity contribution in [3.8, 4) is 0 Å². The van der Waals surface area contributed by atoms with Crippen molar-refractivity contribution in [1.82, 2.24) is 15.5 Å². The molecular weight excluding hydrogens is 352 g/mol. The molecule has 2 aliphatic heterocycles. The first-order valence-electron chi connectivity index (χ1n) is 9.11. The van der Waals surface area contributed by atoms with Crippen molar-refractivity contribution >= 4 is 29.1 Å². The molecule has 2 atom stereocenters. The maximum Gasteiger partial charge on any atom is 0.191 e. The third-order valence-electron chi connectivity index (χ3n) is 5.26. The van der Waals surface area contributed by atoms with Crippen LogP contribution in [0.2, 0.25) is 0 Å². The zero-order valence-electron chi connectivity index (χ0n) is 15.3. The van der Waals surface area contributed by atoms with E-state index in [4.69, 9.17) is 4.74 Å². The number of guanidine groups is 1. The van der Waals surface area contributed by atoms with Crippen LogP contribution >= 0.6 is 23.1 Å². The van der Waals surface area contributed by atoms with Gasteiger partial charge in [-0.05, 0) is 40.5 Å². The lowest BCUT2D eigenvalue weighted by atomic mass is 9.95. The van der Waals surface area contributed by atoms with Crippen LogP contribution in [0.3, 0.4) is 0 Å². The van der Waals surface area contributed by atoms with Crippen LogP contribution in [0.5, 0.6) is 0 Å². The van der Waals surface area contributed by atoms with E-state index in [0.717, 1.165) is 45.4 Å². The molecule has 2 fully saturated rings. The maximum atomic E-state index is 5.55. The van der Waals surface area contributed by atoms with E-state index in [-0.39, 0.29) is 5.54 Å². The third kappa shape index (κ3) is 4.90. The summed E-state index contributed by atoms with van der Waals surface area (Å²) in [6.45, 7) is 7.91. The molecule has 0 aromatic carbocycles. The third-order valence-corrected chi connectivity index (χ3v) is 7.20. The average molecular weight is 383 g/mol. The van der Waals surface area contributed by atoms with E-state index in [0.29, 0.717) is 5.92 Å². The number of rotatable bonds is 6. The number of ether oxygens (including phenoxy) is 1. The molecule has 3 heterocycles. The van der Waals surface area contributed by atoms with E-state index >= 15 is 0 Å². The summed E-state index contributed by atoms with van der Waals surface area (Å²) < 4.78 is 5.55. The van der Waals surface area contributed by atoms with Crippen LogP contribution in [0.25, 0.3) is 0 Å². The summed E-state index contributed by atoms with van der Waals surface area (Å²) in [5.74, 6) is 3.84. The van der Waals surface area contributed by atoms with E-state index < -0.39 is 0 Å². The molecule has 1 aromatic heterocycles. The first kappa shape index (κ1) is 19.0. The van der Waals surface area contributed by atoms with Crippen LogP contribution in [-0.4, -0.2) is 74.3 Å². The molecule has 0 spiro atoms. The highest BCUT2D eigenvalue weighted by molar-refractivity contribution is 7.99. The second kappa shape index (κ2) is 9.26. The molecule has 25 heavy (non-hydrogen) atoms. The Kier molecular flexibility index (Phi) is 7.04. The second-order valence-electron chi connectivity index (χ2n) is 6.89. The van der Waals surface area contributed by atoms with Crippen LogP contribution in [0.15, 0.2) is 21.8 Å². The van der Waals surface area contributed by atoms with Gasteiger partial charge < -0.3 is 15.4 Å². The molecule has 0 aliphatic carbocycles. The van der Waals surface area contributed by atoms with E-state index in [1.54, 1.807) is 11.3 Å². The summed E-state index contributed by atoms with van der Waals surface area (Å²) in [4.78, 5) is 7.06. The van der Waals surface area contributed by atoms with Crippen LogP contribution < -0.4 is 10.6 Å². The maximum absolute atomic E-state index is 5.55. The molecule has 3 rings (SSSR count). The van der Waals surface area contributed by atoms with Crippen molar-refractivity contribution < 1.29 is 4.74 Å². The molecule has 7 heteroatoms. The molecule has 1 aromatic rings. The van der Waals surface area contributed by atoms with Crippen LogP contribution in [0.1, 0.15) is 24.8 Å². The number of thioether (sulfide) groups is 1. The van der Waals surface area contributed by atoms with Crippen molar-refractivity contribution in [3.63, 3.8) is 0 Å². The highest BCUT2D eigenvalue weighted by atomic mass is 32.2. The van der Waals surface area contributed by atoms with Gasteiger partial charge in [-0.15, -0.1) is 0 Å². The molecular formula is C18H30N4OS2. The first-order valence-corrected chi connectivity index (χ1v) is 11.2. The Hall–Kier alpha value is -0.760. The lowest BCUT2D eigenvalue weighted by Crippen LogP contribution is -2.60. The van der Waals surface area contributed by atoms with E-state index in [2.05, 4.69) is 56.0 Å². The van der Waals surface area contributed by atoms with Gasteiger partial charge in [-0.3, -0.25) is 9.89 Å². The average Bonchev–Trinajstić information content (AvgIpc) is 3.35. The minimum absolute atomic E-state index is 0.241. The molecule has 140 valence electrons. The highest BCUT2D eigenvalue weighted by Gasteiger charge is 2.40. The number of thiophene rings is 1. The second-order valence-corrected chi connectivity index (χ2v) is 8.78. The molecule has 0 radical (unpaired) electrons. The number of aliphatic imine (C=N–C) groups is 1. The predicted molar refractivity (Wildman–Crippen MR) is 109 cm³/mol. The fourth-order valence-electron chi connectivity index (χ4n) is 3.53. The van der Waals surface area contributed by atoms with Gasteiger partial charge in [-0.25, -0.2) is 0 Å². The van der Waals surface area contributed by atoms with Gasteiger partial charge in [0.25, 0.3) is 0 Å². The molecule has 2 unspecified atom stereocenters. The standard InChI is InChI=1S/C18H30N4OS2/c1-15(16-3-9-24-12-16)11-20-17(19-2)21-13-18(4-10-25-14-18)22-5-7-23-8-6-22/h3,9,12,15H,4-8,10-11,13-14H2,1-2H3,(H2,19,20,21). The fraction of sp³-hybridized carbons (Fsp3) is 0.722. The Balaban J connectivity index is 1.52. The quantitative estimate of drug-likeness (QED) is 0.584. The fourth-order valence-corrected chi connectivity index (χ4v) is 5.79. The van der Waals surface area contributed by atoms with E-state index in [1.165, 1.54) is 23.5 Å². The summed E-state index contributed by atoms with van der Waals surface area (Å²) in [5.41, 5.74) is 1.63. The van der Waals surface area contributed by atoms with Gasteiger partial charge in [-0.2, -0.15) is 23.1 Å². The predicted octanol–water partition coefficient (Wildman–Crippen LogP) is 2.22. The molecule has 2 N–H and O–H groups in total. The zero-order chi connectivity index (χ0) is 17.5. The Morgan fingerprint density at radius 3 is 2.88 bits per heavy atom. The van der Waals surface area contributed by atoms with Gasteiger partial charge in [0.05, 0.1) is 13.2 Å². The number of hydrogen-bond donors (Lipinski definition) is 2. The SMILES string of the molecule is CN=C(NCC(C)c1ccsc1)NCC1(N2CCOCC2)CCSC1. The van der Waals surface area contributed by atoms with Gasteiger partial charge in [0.2, 0.25) is 0 Å². The molecule has 2 aliphatic rings. The number of morpholine rings is 1. The van der Waals surface area contributed by atoms with E-state index in [1.807, 2.05) is 7.05 Å². The van der Waals surface area contributed by atoms with Crippen molar-refractivity contribution in [2.75, 3.05) is 57.9 Å². The Morgan fingerprint density at radius 2 is 2.24 bits per heavy atom. The number of nitrogens with one attached hydrogen (secondary N) is 2. The number of hydrogen-bond acceptors (Lipinski definition) is 5. The summed E-state index contributed by atoms with van der Waals surface area (Å²) in [6, 6.07) is 2.20. The van der Waals surface area contributed by atoms with Gasteiger partial charge in [0, 0.05) is 44.5 Å². The summed E-state index contributed by atoms with van der Waals surface area (Å²) in [6.07, 6.45) is 1.24. The zero-order valence-corrected chi connectivity index (χ0v) is 16.9. The highest BCUT2D eigenvalue weighted by Crippen LogP contribution is 2.33.